The van der Waals surface area contributed by atoms with E-state index in [2.05, 4.69) is 0 Å². The summed E-state index contributed by atoms with van der Waals surface area (Å²) in [5.41, 5.74) is -1.35. The number of benzene rings is 1. The van der Waals surface area contributed by atoms with Crippen molar-refractivity contribution < 1.29 is 31.5 Å². The monoisotopic (exact) mass is 310 g/mol. The van der Waals surface area contributed by atoms with Gasteiger partial charge in [0.2, 0.25) is 0 Å². The quantitative estimate of drug-likeness (QED) is 0.928. The number of hydrogen-bond acceptors (Lipinski definition) is 3. The van der Waals surface area contributed by atoms with Crippen molar-refractivity contribution in [3.05, 3.63) is 29.8 Å². The number of carbonyl (C=O) groups is 1. The molecule has 0 aromatic heterocycles. The Morgan fingerprint density at radius 1 is 1.20 bits per heavy atom. The number of carboxylic acids is 1. The van der Waals surface area contributed by atoms with Crippen LogP contribution in [0.5, 0.6) is 0 Å². The molecular weight excluding hydrogens is 297 g/mol. The number of hydrogen-bond donors (Lipinski definition) is 1. The van der Waals surface area contributed by atoms with Crippen molar-refractivity contribution >= 4 is 15.8 Å². The number of sulfone groups is 1. The zero-order valence-corrected chi connectivity index (χ0v) is 11.5. The molecule has 0 aliphatic carbocycles. The molecule has 112 valence electrons. The summed E-state index contributed by atoms with van der Waals surface area (Å²) in [4.78, 5) is 10.1. The predicted octanol–water partition coefficient (Wildman–Crippen LogP) is 2.59. The van der Waals surface area contributed by atoms with Crippen molar-refractivity contribution in [2.75, 3.05) is 0 Å². The first kappa shape index (κ1) is 16.5. The van der Waals surface area contributed by atoms with Crippen LogP contribution in [0.1, 0.15) is 19.4 Å². The predicted molar refractivity (Wildman–Crippen MR) is 64.9 cm³/mol. The zero-order chi connectivity index (χ0) is 15.7. The molecule has 0 bridgehead atoms. The largest absolute Gasteiger partial charge is 0.480 e. The van der Waals surface area contributed by atoms with Crippen molar-refractivity contribution in [1.29, 1.82) is 0 Å². The molecule has 1 atom stereocenters. The maximum absolute atomic E-state index is 12.8. The lowest BCUT2D eigenvalue weighted by Crippen LogP contribution is -2.36. The van der Waals surface area contributed by atoms with Gasteiger partial charge in [0.25, 0.3) is 0 Å². The minimum Gasteiger partial charge on any atom is -0.480 e. The van der Waals surface area contributed by atoms with E-state index < -0.39 is 43.6 Å². The third kappa shape index (κ3) is 3.12. The Balaban J connectivity index is 3.55. The van der Waals surface area contributed by atoms with E-state index >= 15 is 0 Å². The second-order valence-electron chi connectivity index (χ2n) is 4.54. The van der Waals surface area contributed by atoms with Gasteiger partial charge >= 0.3 is 12.1 Å². The van der Waals surface area contributed by atoms with Gasteiger partial charge in [-0.25, -0.2) is 8.42 Å². The Bertz CT molecular complexity index is 605. The highest BCUT2D eigenvalue weighted by molar-refractivity contribution is 7.92. The molecule has 0 radical (unpaired) electrons. The molecule has 1 N–H and O–H groups in total. The van der Waals surface area contributed by atoms with Gasteiger partial charge in [0.1, 0.15) is 0 Å². The van der Waals surface area contributed by atoms with Crippen LogP contribution in [0.3, 0.4) is 0 Å². The van der Waals surface area contributed by atoms with Gasteiger partial charge in [0.15, 0.2) is 15.1 Å². The molecule has 0 heterocycles. The average molecular weight is 310 g/mol. The van der Waals surface area contributed by atoms with Gasteiger partial charge in [-0.3, -0.25) is 4.79 Å². The van der Waals surface area contributed by atoms with Gasteiger partial charge in [-0.15, -0.1) is 0 Å². The molecule has 0 saturated heterocycles. The molecule has 0 amide bonds. The molecule has 8 heteroatoms. The van der Waals surface area contributed by atoms with Crippen molar-refractivity contribution in [1.82, 2.24) is 0 Å². The van der Waals surface area contributed by atoms with E-state index in [0.29, 0.717) is 6.07 Å². The molecule has 1 unspecified atom stereocenters. The van der Waals surface area contributed by atoms with Crippen LogP contribution in [0.2, 0.25) is 0 Å². The van der Waals surface area contributed by atoms with Gasteiger partial charge in [-0.1, -0.05) is 26.0 Å². The first-order valence-electron chi connectivity index (χ1n) is 5.62. The van der Waals surface area contributed by atoms with E-state index in [-0.39, 0.29) is 0 Å². The van der Waals surface area contributed by atoms with Gasteiger partial charge in [-0.05, 0) is 18.1 Å². The molecule has 0 fully saturated rings. The number of aliphatic carboxylic acids is 1. The fraction of sp³-hybridized carbons (Fsp3) is 0.417. The van der Waals surface area contributed by atoms with E-state index in [1.54, 1.807) is 0 Å². The van der Waals surface area contributed by atoms with Crippen molar-refractivity contribution in [2.45, 2.75) is 30.2 Å². The van der Waals surface area contributed by atoms with Crippen LogP contribution in [-0.4, -0.2) is 24.7 Å². The lowest BCUT2D eigenvalue weighted by atomic mass is 10.1. The van der Waals surface area contributed by atoms with Crippen molar-refractivity contribution in [2.24, 2.45) is 5.92 Å². The Kier molecular flexibility index (Phi) is 4.48. The summed E-state index contributed by atoms with van der Waals surface area (Å²) >= 11 is 0. The number of carboxylic acid groups (broad SMARTS) is 1. The summed E-state index contributed by atoms with van der Waals surface area (Å²) in [6.07, 6.45) is -4.87. The summed E-state index contributed by atoms with van der Waals surface area (Å²) in [5.74, 6) is -2.53. The maximum Gasteiger partial charge on any atom is 0.417 e. The minimum absolute atomic E-state index is 0.617. The second-order valence-corrected chi connectivity index (χ2v) is 6.58. The fourth-order valence-corrected chi connectivity index (χ4v) is 3.88. The Morgan fingerprint density at radius 3 is 2.10 bits per heavy atom. The third-order valence-corrected chi connectivity index (χ3v) is 5.07. The van der Waals surface area contributed by atoms with E-state index in [1.807, 2.05) is 0 Å². The average Bonchev–Trinajstić information content (AvgIpc) is 2.26. The lowest BCUT2D eigenvalue weighted by molar-refractivity contribution is -0.140. The fourth-order valence-electron chi connectivity index (χ4n) is 1.86. The molecule has 20 heavy (non-hydrogen) atoms. The summed E-state index contributed by atoms with van der Waals surface area (Å²) in [6, 6.07) is 3.57. The normalized spacial score (nSPS) is 14.3. The van der Waals surface area contributed by atoms with Crippen LogP contribution in [0.4, 0.5) is 13.2 Å². The van der Waals surface area contributed by atoms with Crippen LogP contribution in [0, 0.1) is 5.92 Å². The van der Waals surface area contributed by atoms with Crippen molar-refractivity contribution in [3.63, 3.8) is 0 Å². The highest BCUT2D eigenvalue weighted by atomic mass is 32.2. The summed E-state index contributed by atoms with van der Waals surface area (Å²) in [6.45, 7) is 2.65. The molecule has 0 spiro atoms. The molecule has 4 nitrogen and oxygen atoms in total. The third-order valence-electron chi connectivity index (χ3n) is 2.68. The smallest absolute Gasteiger partial charge is 0.417 e. The number of halogens is 3. The highest BCUT2D eigenvalue weighted by Crippen LogP contribution is 2.36. The van der Waals surface area contributed by atoms with Crippen LogP contribution < -0.4 is 0 Å². The Morgan fingerprint density at radius 2 is 1.70 bits per heavy atom. The minimum atomic E-state index is -4.87. The van der Waals surface area contributed by atoms with Gasteiger partial charge in [0, 0.05) is 0 Å². The van der Waals surface area contributed by atoms with E-state index in [9.17, 15) is 26.4 Å². The molecule has 0 aliphatic rings. The SMILES string of the molecule is CC(C)C(C(=O)O)S(=O)(=O)c1ccccc1C(F)(F)F. The second kappa shape index (κ2) is 5.43. The topological polar surface area (TPSA) is 71.4 Å². The molecule has 1 aromatic rings. The van der Waals surface area contributed by atoms with Gasteiger partial charge < -0.3 is 5.11 Å². The molecule has 0 saturated carbocycles. The summed E-state index contributed by atoms with van der Waals surface area (Å²) in [5, 5.41) is 7.05. The molecular formula is C12H13F3O4S. The molecule has 1 aromatic carbocycles. The van der Waals surface area contributed by atoms with Crippen molar-refractivity contribution in [3.8, 4) is 0 Å². The standard InChI is InChI=1S/C12H13F3O4S/c1-7(2)10(11(16)17)20(18,19)9-6-4-3-5-8(9)12(13,14)15/h3-7,10H,1-2H3,(H,16,17). The van der Waals surface area contributed by atoms with Gasteiger partial charge in [0.05, 0.1) is 10.5 Å². The summed E-state index contributed by atoms with van der Waals surface area (Å²) < 4.78 is 62.9. The Labute approximate surface area is 114 Å². The van der Waals surface area contributed by atoms with Crippen LogP contribution in [0.15, 0.2) is 29.2 Å². The first-order valence-corrected chi connectivity index (χ1v) is 7.17. The number of alkyl halides is 3. The van der Waals surface area contributed by atoms with E-state index in [0.717, 1.165) is 18.2 Å². The molecule has 0 aliphatic heterocycles. The first-order chi connectivity index (χ1) is 8.99. The molecule has 1 rings (SSSR count). The van der Waals surface area contributed by atoms with Crippen LogP contribution >= 0.6 is 0 Å². The van der Waals surface area contributed by atoms with Crippen LogP contribution in [0.25, 0.3) is 0 Å². The Hall–Kier alpha value is -1.57. The van der Waals surface area contributed by atoms with E-state index in [1.165, 1.54) is 13.8 Å². The van der Waals surface area contributed by atoms with E-state index in [4.69, 9.17) is 5.11 Å². The number of rotatable bonds is 4. The van der Waals surface area contributed by atoms with Crippen LogP contribution in [-0.2, 0) is 20.8 Å². The maximum atomic E-state index is 12.8. The van der Waals surface area contributed by atoms with Gasteiger partial charge in [-0.2, -0.15) is 13.2 Å². The summed E-state index contributed by atoms with van der Waals surface area (Å²) in [7, 11) is -4.63. The lowest BCUT2D eigenvalue weighted by Gasteiger charge is -2.19. The zero-order valence-electron chi connectivity index (χ0n) is 10.7. The highest BCUT2D eigenvalue weighted by Gasteiger charge is 2.43.